The number of benzene rings is 4. The minimum atomic E-state index is -3.85. The summed E-state index contributed by atoms with van der Waals surface area (Å²) in [5.74, 6) is -1.18. The molecule has 0 radical (unpaired) electrons. The molecule has 4 rings (SSSR count). The summed E-state index contributed by atoms with van der Waals surface area (Å²) in [5.41, 5.74) is 1.53. The van der Waals surface area contributed by atoms with Crippen LogP contribution in [0.1, 0.15) is 22.8 Å². The van der Waals surface area contributed by atoms with E-state index in [2.05, 4.69) is 16.0 Å². The lowest BCUT2D eigenvalue weighted by molar-refractivity contribution is -0.115. The maximum Gasteiger partial charge on any atom is 0.272 e. The summed E-state index contributed by atoms with van der Waals surface area (Å²) < 4.78 is 28.3. The molecule has 4 aromatic rings. The van der Waals surface area contributed by atoms with Gasteiger partial charge in [-0.2, -0.15) is 0 Å². The molecule has 1 unspecified atom stereocenters. The molecule has 3 amide bonds. The molecular weight excluding hydrogens is 617 g/mol. The van der Waals surface area contributed by atoms with Gasteiger partial charge < -0.3 is 25.8 Å². The van der Waals surface area contributed by atoms with E-state index in [4.69, 9.17) is 9.88 Å². The molecule has 0 heterocycles. The molecule has 11 nitrogen and oxygen atoms in total. The largest absolute Gasteiger partial charge is 0.508 e. The second-order valence-electron chi connectivity index (χ2n) is 9.61. The van der Waals surface area contributed by atoms with E-state index < -0.39 is 27.1 Å². The Morgan fingerprint density at radius 2 is 1.60 bits per heavy atom. The number of ether oxygens (including phenoxy) is 1. The van der Waals surface area contributed by atoms with E-state index >= 15 is 0 Å². The minimum Gasteiger partial charge on any atom is -0.508 e. The normalized spacial score (nSPS) is 12.1. The molecule has 0 aliphatic carbocycles. The standard InChI is InChI=1S/C32H30N4O7S2/c1-20(30(38)34-23-12-15-27(16-13-23)45(33,41)42)44-26-10-6-9-24(18-26)35-32(40)28(36-31(39)21-7-4-3-5-8-21)17-22-11-14-25(37)19-29(22)43-2/h3-20,37H,1-2H3,(H,34,38)(H,35,40)(H,36,39)(H2,33,41,42)/b28-17+. The summed E-state index contributed by atoms with van der Waals surface area (Å²) in [6, 6.07) is 25.1. The number of anilines is 2. The van der Waals surface area contributed by atoms with E-state index in [9.17, 15) is 27.9 Å². The monoisotopic (exact) mass is 646 g/mol. The third-order valence-electron chi connectivity index (χ3n) is 6.27. The van der Waals surface area contributed by atoms with Crippen LogP contribution in [0.25, 0.3) is 6.08 Å². The lowest BCUT2D eigenvalue weighted by atomic mass is 10.1. The van der Waals surface area contributed by atoms with Crippen molar-refractivity contribution in [1.82, 2.24) is 5.32 Å². The summed E-state index contributed by atoms with van der Waals surface area (Å²) >= 11 is 1.24. The second-order valence-corrected chi connectivity index (χ2v) is 12.6. The van der Waals surface area contributed by atoms with Crippen LogP contribution in [0, 0.1) is 0 Å². The average molecular weight is 647 g/mol. The van der Waals surface area contributed by atoms with Gasteiger partial charge in [0.05, 0.1) is 17.3 Å². The highest BCUT2D eigenvalue weighted by Gasteiger charge is 2.18. The van der Waals surface area contributed by atoms with Crippen molar-refractivity contribution in [1.29, 1.82) is 0 Å². The zero-order valence-electron chi connectivity index (χ0n) is 24.2. The number of nitrogens with two attached hydrogens (primary N) is 1. The summed E-state index contributed by atoms with van der Waals surface area (Å²) in [4.78, 5) is 39.9. The van der Waals surface area contributed by atoms with Crippen LogP contribution in [0.5, 0.6) is 11.5 Å². The van der Waals surface area contributed by atoms with Gasteiger partial charge in [0.1, 0.15) is 17.2 Å². The van der Waals surface area contributed by atoms with Gasteiger partial charge >= 0.3 is 0 Å². The van der Waals surface area contributed by atoms with E-state index in [0.717, 1.165) is 0 Å². The van der Waals surface area contributed by atoms with Crippen molar-refractivity contribution in [2.24, 2.45) is 5.14 Å². The van der Waals surface area contributed by atoms with Gasteiger partial charge in [0, 0.05) is 33.5 Å². The molecule has 13 heteroatoms. The van der Waals surface area contributed by atoms with Crippen LogP contribution in [-0.2, 0) is 19.6 Å². The summed E-state index contributed by atoms with van der Waals surface area (Å²) in [6.45, 7) is 1.70. The molecule has 6 N–H and O–H groups in total. The van der Waals surface area contributed by atoms with Crippen molar-refractivity contribution in [3.05, 3.63) is 114 Å². The molecule has 1 atom stereocenters. The Morgan fingerprint density at radius 1 is 0.889 bits per heavy atom. The van der Waals surface area contributed by atoms with Gasteiger partial charge in [0.25, 0.3) is 11.8 Å². The summed E-state index contributed by atoms with van der Waals surface area (Å²) in [6.07, 6.45) is 1.44. The van der Waals surface area contributed by atoms with Crippen molar-refractivity contribution in [2.75, 3.05) is 17.7 Å². The molecule has 0 saturated heterocycles. The number of amides is 3. The Hall–Kier alpha value is -5.11. The maximum absolute atomic E-state index is 13.5. The molecule has 0 saturated carbocycles. The molecule has 0 fully saturated rings. The maximum atomic E-state index is 13.5. The lowest BCUT2D eigenvalue weighted by Crippen LogP contribution is -2.30. The Kier molecular flexibility index (Phi) is 10.6. The molecular formula is C32H30N4O7S2. The zero-order valence-corrected chi connectivity index (χ0v) is 25.8. The number of methoxy groups -OCH3 is 1. The lowest BCUT2D eigenvalue weighted by Gasteiger charge is -2.15. The smallest absolute Gasteiger partial charge is 0.272 e. The first kappa shape index (κ1) is 32.8. The van der Waals surface area contributed by atoms with Crippen LogP contribution in [0.4, 0.5) is 11.4 Å². The molecule has 0 aliphatic rings. The average Bonchev–Trinajstić information content (AvgIpc) is 3.01. The fourth-order valence-corrected chi connectivity index (χ4v) is 5.43. The SMILES string of the molecule is COc1cc(O)ccc1/C=C(/NC(=O)c1ccccc1)C(=O)Nc1cccc(SC(C)C(=O)Nc2ccc(S(N)(=O)=O)cc2)c1. The number of phenols is 1. The van der Waals surface area contributed by atoms with Crippen LogP contribution in [0.2, 0.25) is 0 Å². The summed E-state index contributed by atoms with van der Waals surface area (Å²) in [7, 11) is -2.43. The van der Waals surface area contributed by atoms with Gasteiger partial charge in [-0.25, -0.2) is 13.6 Å². The third-order valence-corrected chi connectivity index (χ3v) is 8.29. The van der Waals surface area contributed by atoms with E-state index in [1.165, 1.54) is 61.3 Å². The number of carbonyl (C=O) groups excluding carboxylic acids is 3. The number of hydrogen-bond donors (Lipinski definition) is 5. The van der Waals surface area contributed by atoms with Crippen molar-refractivity contribution in [2.45, 2.75) is 22.0 Å². The minimum absolute atomic E-state index is 0.0273. The molecule has 45 heavy (non-hydrogen) atoms. The highest BCUT2D eigenvalue weighted by atomic mass is 32.2. The number of primary sulfonamides is 1. The molecule has 0 spiro atoms. The quantitative estimate of drug-likeness (QED) is 0.116. The highest BCUT2D eigenvalue weighted by Crippen LogP contribution is 2.28. The number of phenolic OH excluding ortho intramolecular Hbond substituents is 1. The molecule has 4 aromatic carbocycles. The van der Waals surface area contributed by atoms with Crippen molar-refractivity contribution < 1.29 is 32.6 Å². The van der Waals surface area contributed by atoms with E-state index in [0.29, 0.717) is 33.1 Å². The zero-order chi connectivity index (χ0) is 32.6. The number of rotatable bonds is 11. The number of aromatic hydroxyl groups is 1. The number of nitrogens with one attached hydrogen (secondary N) is 3. The highest BCUT2D eigenvalue weighted by molar-refractivity contribution is 8.00. The molecule has 0 bridgehead atoms. The van der Waals surface area contributed by atoms with Crippen molar-refractivity contribution in [3.63, 3.8) is 0 Å². The Balaban J connectivity index is 1.49. The molecule has 0 aliphatic heterocycles. The topological polar surface area (TPSA) is 177 Å². The predicted octanol–water partition coefficient (Wildman–Crippen LogP) is 4.58. The first-order valence-corrected chi connectivity index (χ1v) is 15.8. The van der Waals surface area contributed by atoms with E-state index in [1.807, 2.05) is 0 Å². The van der Waals surface area contributed by atoms with Crippen LogP contribution >= 0.6 is 11.8 Å². The van der Waals surface area contributed by atoms with Crippen LogP contribution in [-0.4, -0.2) is 43.6 Å². The first-order chi connectivity index (χ1) is 21.4. The van der Waals surface area contributed by atoms with Crippen LogP contribution in [0.15, 0.2) is 113 Å². The van der Waals surface area contributed by atoms with Gasteiger partial charge in [-0.1, -0.05) is 24.3 Å². The molecule has 232 valence electrons. The van der Waals surface area contributed by atoms with Gasteiger partial charge in [0.15, 0.2) is 0 Å². The van der Waals surface area contributed by atoms with Crippen molar-refractivity contribution >= 4 is 57.0 Å². The third kappa shape index (κ3) is 9.19. The molecule has 0 aromatic heterocycles. The Morgan fingerprint density at radius 3 is 2.27 bits per heavy atom. The number of sulfonamides is 1. The summed E-state index contributed by atoms with van der Waals surface area (Å²) in [5, 5.41) is 22.6. The van der Waals surface area contributed by atoms with E-state index in [1.54, 1.807) is 67.6 Å². The van der Waals surface area contributed by atoms with Gasteiger partial charge in [-0.15, -0.1) is 11.8 Å². The first-order valence-electron chi connectivity index (χ1n) is 13.4. The van der Waals surface area contributed by atoms with E-state index in [-0.39, 0.29) is 22.2 Å². The number of thioether (sulfide) groups is 1. The predicted molar refractivity (Wildman–Crippen MR) is 173 cm³/mol. The van der Waals surface area contributed by atoms with Crippen molar-refractivity contribution in [3.8, 4) is 11.5 Å². The second kappa shape index (κ2) is 14.6. The van der Waals surface area contributed by atoms with Crippen LogP contribution in [0.3, 0.4) is 0 Å². The Bertz CT molecular complexity index is 1850. The van der Waals surface area contributed by atoms with Crippen LogP contribution < -0.4 is 25.8 Å². The Labute approximate surface area is 264 Å². The fraction of sp³-hybridized carbons (Fsp3) is 0.0938. The number of carbonyl (C=O) groups is 3. The number of hydrogen-bond acceptors (Lipinski definition) is 8. The van der Waals surface area contributed by atoms with Gasteiger partial charge in [-0.3, -0.25) is 14.4 Å². The van der Waals surface area contributed by atoms with Gasteiger partial charge in [-0.05, 0) is 79.7 Å². The van der Waals surface area contributed by atoms with Gasteiger partial charge in [0.2, 0.25) is 15.9 Å². The fourth-order valence-electron chi connectivity index (χ4n) is 3.99.